The van der Waals surface area contributed by atoms with Crippen LogP contribution in [0.5, 0.6) is 0 Å². The minimum atomic E-state index is 0. The number of hydrogen-bond acceptors (Lipinski definition) is 1. The molecule has 0 bridgehead atoms. The van der Waals surface area contributed by atoms with Gasteiger partial charge < -0.3 is 29.7 Å². The number of benzene rings is 1. The van der Waals surface area contributed by atoms with E-state index in [4.69, 9.17) is 0 Å². The standard InChI is InChI=1S/C6H7N.C6H5.2C2H6.CH3Br.4CH3.Ir/c1-6-4-2-3-5-7-6;1-2-4-6-5-3-1;3*1-2;;;;;/h2-5H,1H3;1-5H;2*1-2H3;1H3;4*1H3;/q;-1;;;;4*-1;. The van der Waals surface area contributed by atoms with Crippen molar-refractivity contribution in [1.82, 2.24) is 4.98 Å². The molecule has 0 aliphatic rings. The molecule has 1 nitrogen and oxygen atoms in total. The van der Waals surface area contributed by atoms with Crippen LogP contribution in [0.2, 0.25) is 0 Å². The van der Waals surface area contributed by atoms with Crippen molar-refractivity contribution in [1.29, 1.82) is 0 Å². The van der Waals surface area contributed by atoms with Crippen LogP contribution in [-0.2, 0) is 20.1 Å². The maximum absolute atomic E-state index is 3.98. The quantitative estimate of drug-likeness (QED) is 0.231. The van der Waals surface area contributed by atoms with Gasteiger partial charge in [0.05, 0.1) is 0 Å². The third kappa shape index (κ3) is 49.6. The molecule has 0 saturated carbocycles. The summed E-state index contributed by atoms with van der Waals surface area (Å²) in [7, 11) is 0. The zero-order chi connectivity index (χ0) is 15.4. The first-order chi connectivity index (χ1) is 9.39. The molecule has 3 heteroatoms. The molecule has 0 amide bonds. The van der Waals surface area contributed by atoms with E-state index in [1.54, 1.807) is 6.20 Å². The van der Waals surface area contributed by atoms with Gasteiger partial charge >= 0.3 is 0 Å². The molecule has 0 saturated heterocycles. The molecule has 149 valence electrons. The maximum Gasteiger partial charge on any atom is 0.0372 e. The number of aromatic nitrogens is 1. The molecule has 0 atom stereocenters. The Labute approximate surface area is 177 Å². The molecule has 2 aromatic rings. The normalized spacial score (nSPS) is 5.29. The van der Waals surface area contributed by atoms with Crippen LogP contribution in [0.1, 0.15) is 33.4 Å². The molecular formula is C21H39BrIrN-5. The van der Waals surface area contributed by atoms with E-state index in [-0.39, 0.29) is 49.8 Å². The number of pyridine rings is 1. The van der Waals surface area contributed by atoms with Crippen LogP contribution < -0.4 is 0 Å². The number of hydrogen-bond donors (Lipinski definition) is 0. The molecule has 1 heterocycles. The summed E-state index contributed by atoms with van der Waals surface area (Å²) in [6.07, 6.45) is 1.79. The Hall–Kier alpha value is -0.501. The van der Waals surface area contributed by atoms with Gasteiger partial charge in [-0.1, -0.05) is 49.7 Å². The van der Waals surface area contributed by atoms with Crippen LogP contribution >= 0.6 is 15.9 Å². The number of nitrogens with zero attached hydrogens (tertiary/aromatic N) is 1. The fourth-order valence-corrected chi connectivity index (χ4v) is 0.790. The van der Waals surface area contributed by atoms with Gasteiger partial charge in [-0.25, -0.2) is 0 Å². The van der Waals surface area contributed by atoms with Crippen LogP contribution in [0.4, 0.5) is 0 Å². The molecule has 0 aliphatic heterocycles. The first kappa shape index (κ1) is 49.5. The van der Waals surface area contributed by atoms with Crippen molar-refractivity contribution >= 4 is 15.9 Å². The molecular weight excluding hydrogens is 538 g/mol. The average Bonchev–Trinajstić information content (AvgIpc) is 2.56. The van der Waals surface area contributed by atoms with Crippen molar-refractivity contribution in [3.63, 3.8) is 0 Å². The van der Waals surface area contributed by atoms with Gasteiger partial charge in [-0.3, -0.25) is 4.98 Å². The number of aryl methyl sites for hydroxylation is 1. The third-order valence-electron chi connectivity index (χ3n) is 1.42. The Morgan fingerprint density at radius 3 is 1.29 bits per heavy atom. The minimum absolute atomic E-state index is 0. The minimum Gasteiger partial charge on any atom is -0.358 e. The van der Waals surface area contributed by atoms with Gasteiger partial charge in [-0.2, -0.15) is 36.4 Å². The third-order valence-corrected chi connectivity index (χ3v) is 1.42. The summed E-state index contributed by atoms with van der Waals surface area (Å²) in [5.41, 5.74) is 1.07. The molecule has 0 N–H and O–H groups in total. The van der Waals surface area contributed by atoms with Gasteiger partial charge in [-0.15, -0.1) is 0 Å². The van der Waals surface area contributed by atoms with E-state index in [1.807, 2.05) is 89.0 Å². The Balaban J connectivity index is -0.0000000235. The summed E-state index contributed by atoms with van der Waals surface area (Å²) >= 11 is 2.94. The number of halogens is 1. The van der Waals surface area contributed by atoms with E-state index in [0.717, 1.165) is 5.69 Å². The van der Waals surface area contributed by atoms with E-state index in [1.165, 1.54) is 0 Å². The summed E-state index contributed by atoms with van der Waals surface area (Å²) in [6, 6.07) is 18.4. The van der Waals surface area contributed by atoms with Crippen LogP contribution in [0, 0.1) is 42.7 Å². The van der Waals surface area contributed by atoms with Crippen molar-refractivity contribution in [2.24, 2.45) is 0 Å². The second-order valence-corrected chi connectivity index (χ2v) is 2.55. The molecule has 0 unspecified atom stereocenters. The predicted molar refractivity (Wildman–Crippen MR) is 117 cm³/mol. The van der Waals surface area contributed by atoms with Crippen LogP contribution in [0.3, 0.4) is 0 Å². The Kier molecular flexibility index (Phi) is 118. The van der Waals surface area contributed by atoms with E-state index in [0.29, 0.717) is 0 Å². The summed E-state index contributed by atoms with van der Waals surface area (Å²) in [4.78, 5) is 3.98. The van der Waals surface area contributed by atoms with E-state index in [9.17, 15) is 0 Å². The van der Waals surface area contributed by atoms with Gasteiger partial charge in [0, 0.05) is 32.0 Å². The van der Waals surface area contributed by atoms with Crippen molar-refractivity contribution < 1.29 is 20.1 Å². The van der Waals surface area contributed by atoms with Gasteiger partial charge in [-0.05, 0) is 24.9 Å². The molecule has 2 rings (SSSR count). The maximum atomic E-state index is 3.98. The predicted octanol–water partition coefficient (Wildman–Crippen LogP) is 7.74. The Morgan fingerprint density at radius 2 is 1.17 bits per heavy atom. The first-order valence-electron chi connectivity index (χ1n) is 6.56. The van der Waals surface area contributed by atoms with Gasteiger partial charge in [0.25, 0.3) is 0 Å². The summed E-state index contributed by atoms with van der Waals surface area (Å²) in [5, 5.41) is 0. The van der Waals surface area contributed by atoms with Gasteiger partial charge in [0.15, 0.2) is 0 Å². The van der Waals surface area contributed by atoms with Crippen molar-refractivity contribution in [3.8, 4) is 0 Å². The first-order valence-corrected chi connectivity index (χ1v) is 8.15. The number of alkyl halides is 1. The zero-order valence-electron chi connectivity index (χ0n) is 17.4. The van der Waals surface area contributed by atoms with E-state index < -0.39 is 0 Å². The molecule has 1 aromatic carbocycles. The molecule has 1 radical (unpaired) electrons. The largest absolute Gasteiger partial charge is 0.358 e. The Bertz CT molecular complexity index is 288. The molecule has 0 spiro atoms. The fourth-order valence-electron chi connectivity index (χ4n) is 0.790. The molecule has 0 fully saturated rings. The topological polar surface area (TPSA) is 12.9 Å². The summed E-state index contributed by atoms with van der Waals surface area (Å²) < 4.78 is 0. The van der Waals surface area contributed by atoms with Crippen molar-refractivity contribution in [2.75, 3.05) is 5.83 Å². The van der Waals surface area contributed by atoms with Gasteiger partial charge in [0.1, 0.15) is 0 Å². The monoisotopic (exact) mass is 577 g/mol. The smallest absolute Gasteiger partial charge is 0.0372 e. The van der Waals surface area contributed by atoms with Gasteiger partial charge in [0.2, 0.25) is 0 Å². The van der Waals surface area contributed by atoms with E-state index >= 15 is 0 Å². The number of rotatable bonds is 0. The van der Waals surface area contributed by atoms with Crippen LogP contribution in [0.15, 0.2) is 54.7 Å². The average molecular weight is 578 g/mol. The summed E-state index contributed by atoms with van der Waals surface area (Å²) in [5.74, 6) is 1.81. The van der Waals surface area contributed by atoms with Crippen molar-refractivity contribution in [2.45, 2.75) is 34.6 Å². The second-order valence-electron chi connectivity index (χ2n) is 2.55. The zero-order valence-corrected chi connectivity index (χ0v) is 21.3. The van der Waals surface area contributed by atoms with Crippen LogP contribution in [0.25, 0.3) is 0 Å². The van der Waals surface area contributed by atoms with Crippen molar-refractivity contribution in [3.05, 3.63) is 96.2 Å². The SMILES string of the molecule is CBr.CC.CC.Cc1ccccn1.[CH3-].[CH3-].[CH3-].[CH3-].[Ir].[c-]1ccccc1. The van der Waals surface area contributed by atoms with Crippen LogP contribution in [-0.4, -0.2) is 10.8 Å². The molecule has 0 aliphatic carbocycles. The fraction of sp³-hybridized carbons (Fsp3) is 0.286. The molecule has 24 heavy (non-hydrogen) atoms. The Morgan fingerprint density at radius 1 is 0.750 bits per heavy atom. The molecule has 1 aromatic heterocycles. The summed E-state index contributed by atoms with van der Waals surface area (Å²) in [6.45, 7) is 9.97. The van der Waals surface area contributed by atoms with E-state index in [2.05, 4.69) is 27.0 Å². The second kappa shape index (κ2) is 57.1.